The van der Waals surface area contributed by atoms with E-state index in [1.54, 1.807) is 0 Å². The van der Waals surface area contributed by atoms with Crippen LogP contribution in [0.4, 0.5) is 4.79 Å². The Morgan fingerprint density at radius 2 is 1.87 bits per heavy atom. The Labute approximate surface area is 139 Å². The fraction of sp³-hybridized carbons (Fsp3) is 0.611. The van der Waals surface area contributed by atoms with Gasteiger partial charge in [0, 0.05) is 32.7 Å². The third kappa shape index (κ3) is 6.20. The second-order valence-electron chi connectivity index (χ2n) is 7.14. The maximum atomic E-state index is 11.8. The molecule has 2 N–H and O–H groups in total. The van der Waals surface area contributed by atoms with Crippen molar-refractivity contribution in [3.8, 4) is 0 Å². The summed E-state index contributed by atoms with van der Waals surface area (Å²) in [6, 6.07) is 8.38. The van der Waals surface area contributed by atoms with E-state index in [0.717, 1.165) is 38.3 Å². The van der Waals surface area contributed by atoms with Crippen molar-refractivity contribution in [2.24, 2.45) is 0 Å². The van der Waals surface area contributed by atoms with Crippen LogP contribution in [0.5, 0.6) is 0 Å². The maximum absolute atomic E-state index is 11.8. The first-order valence-electron chi connectivity index (χ1n) is 8.35. The Morgan fingerprint density at radius 1 is 1.26 bits per heavy atom. The van der Waals surface area contributed by atoms with Crippen molar-refractivity contribution in [3.63, 3.8) is 0 Å². The highest BCUT2D eigenvalue weighted by atomic mass is 16.6. The summed E-state index contributed by atoms with van der Waals surface area (Å²) >= 11 is 0. The largest absolute Gasteiger partial charge is 0.444 e. The minimum atomic E-state index is -0.475. The molecule has 0 aliphatic carbocycles. The SMILES string of the molecule is C[C@H](NC(=O)OC(C)(C)C)c1ccc(CN2CCNCC2)cc1. The smallest absolute Gasteiger partial charge is 0.408 e. The number of benzene rings is 1. The molecule has 0 aromatic heterocycles. The van der Waals surface area contributed by atoms with Gasteiger partial charge in [0.15, 0.2) is 0 Å². The number of carbonyl (C=O) groups is 1. The highest BCUT2D eigenvalue weighted by Gasteiger charge is 2.18. The molecule has 1 aromatic carbocycles. The predicted molar refractivity (Wildman–Crippen MR) is 92.4 cm³/mol. The highest BCUT2D eigenvalue weighted by Crippen LogP contribution is 2.16. The molecule has 1 heterocycles. The molecule has 1 aliphatic rings. The van der Waals surface area contributed by atoms with Gasteiger partial charge in [-0.15, -0.1) is 0 Å². The van der Waals surface area contributed by atoms with Crippen molar-refractivity contribution in [3.05, 3.63) is 35.4 Å². The van der Waals surface area contributed by atoms with Crippen LogP contribution in [0.25, 0.3) is 0 Å². The van der Waals surface area contributed by atoms with E-state index in [4.69, 9.17) is 4.74 Å². The molecule has 1 atom stereocenters. The third-order valence-corrected chi connectivity index (χ3v) is 3.83. The minimum Gasteiger partial charge on any atom is -0.444 e. The van der Waals surface area contributed by atoms with Crippen LogP contribution in [0.1, 0.15) is 44.9 Å². The summed E-state index contributed by atoms with van der Waals surface area (Å²) in [6.07, 6.45) is -0.380. The third-order valence-electron chi connectivity index (χ3n) is 3.83. The van der Waals surface area contributed by atoms with E-state index in [0.29, 0.717) is 0 Å². The van der Waals surface area contributed by atoms with Crippen LogP contribution < -0.4 is 10.6 Å². The molecular formula is C18H29N3O2. The van der Waals surface area contributed by atoms with Gasteiger partial charge in [-0.05, 0) is 38.8 Å². The van der Waals surface area contributed by atoms with Gasteiger partial charge in [-0.1, -0.05) is 24.3 Å². The highest BCUT2D eigenvalue weighted by molar-refractivity contribution is 5.68. The number of amides is 1. The lowest BCUT2D eigenvalue weighted by Crippen LogP contribution is -2.42. The summed E-state index contributed by atoms with van der Waals surface area (Å²) < 4.78 is 5.29. The van der Waals surface area contributed by atoms with Gasteiger partial charge < -0.3 is 15.4 Å². The maximum Gasteiger partial charge on any atom is 0.408 e. The molecule has 23 heavy (non-hydrogen) atoms. The Kier molecular flexibility index (Phi) is 6.02. The fourth-order valence-corrected chi connectivity index (χ4v) is 2.61. The van der Waals surface area contributed by atoms with Crippen molar-refractivity contribution >= 4 is 6.09 Å². The molecule has 1 amide bonds. The molecule has 0 saturated carbocycles. The molecule has 0 spiro atoms. The van der Waals surface area contributed by atoms with Crippen molar-refractivity contribution in [2.75, 3.05) is 26.2 Å². The summed E-state index contributed by atoms with van der Waals surface area (Å²) in [7, 11) is 0. The number of rotatable bonds is 4. The summed E-state index contributed by atoms with van der Waals surface area (Å²) in [5.74, 6) is 0. The number of carbonyl (C=O) groups excluding carboxylic acids is 1. The van der Waals surface area contributed by atoms with Crippen LogP contribution in [0.3, 0.4) is 0 Å². The first kappa shape index (κ1) is 17.8. The summed E-state index contributed by atoms with van der Waals surface area (Å²) in [6.45, 7) is 12.9. The molecule has 128 valence electrons. The number of nitrogens with zero attached hydrogens (tertiary/aromatic N) is 1. The van der Waals surface area contributed by atoms with E-state index < -0.39 is 5.60 Å². The number of nitrogens with one attached hydrogen (secondary N) is 2. The predicted octanol–water partition coefficient (Wildman–Crippen LogP) is 2.68. The van der Waals surface area contributed by atoms with Crippen LogP contribution in [-0.2, 0) is 11.3 Å². The van der Waals surface area contributed by atoms with E-state index >= 15 is 0 Å². The van der Waals surface area contributed by atoms with Crippen LogP contribution in [-0.4, -0.2) is 42.8 Å². The normalized spacial score (nSPS) is 17.6. The molecule has 0 unspecified atom stereocenters. The van der Waals surface area contributed by atoms with Crippen molar-refractivity contribution < 1.29 is 9.53 Å². The zero-order valence-electron chi connectivity index (χ0n) is 14.7. The lowest BCUT2D eigenvalue weighted by atomic mass is 10.1. The molecule has 0 bridgehead atoms. The number of hydrogen-bond donors (Lipinski definition) is 2. The summed E-state index contributed by atoms with van der Waals surface area (Å²) in [5.41, 5.74) is 1.91. The fourth-order valence-electron chi connectivity index (χ4n) is 2.61. The molecule has 5 heteroatoms. The van der Waals surface area contributed by atoms with E-state index in [1.165, 1.54) is 5.56 Å². The molecule has 1 fully saturated rings. The Bertz CT molecular complexity index is 502. The van der Waals surface area contributed by atoms with Crippen LogP contribution in [0.15, 0.2) is 24.3 Å². The number of piperazine rings is 1. The number of alkyl carbamates (subject to hydrolysis) is 1. The van der Waals surface area contributed by atoms with Crippen LogP contribution in [0.2, 0.25) is 0 Å². The zero-order valence-corrected chi connectivity index (χ0v) is 14.7. The van der Waals surface area contributed by atoms with E-state index in [9.17, 15) is 4.79 Å². The number of ether oxygens (including phenoxy) is 1. The second-order valence-corrected chi connectivity index (χ2v) is 7.14. The van der Waals surface area contributed by atoms with Gasteiger partial charge in [0.1, 0.15) is 5.60 Å². The lowest BCUT2D eigenvalue weighted by molar-refractivity contribution is 0.0508. The van der Waals surface area contributed by atoms with Crippen molar-refractivity contribution in [2.45, 2.75) is 45.9 Å². The lowest BCUT2D eigenvalue weighted by Gasteiger charge is -2.27. The monoisotopic (exact) mass is 319 g/mol. The van der Waals surface area contributed by atoms with E-state index in [2.05, 4.69) is 39.8 Å². The Balaban J connectivity index is 1.86. The minimum absolute atomic E-state index is 0.0712. The van der Waals surface area contributed by atoms with Gasteiger partial charge in [-0.2, -0.15) is 0 Å². The Morgan fingerprint density at radius 3 is 2.43 bits per heavy atom. The molecule has 1 aromatic rings. The van der Waals surface area contributed by atoms with Gasteiger partial charge in [0.05, 0.1) is 6.04 Å². The second kappa shape index (κ2) is 7.79. The molecule has 2 rings (SSSR count). The van der Waals surface area contributed by atoms with Crippen LogP contribution >= 0.6 is 0 Å². The average molecular weight is 319 g/mol. The first-order valence-corrected chi connectivity index (χ1v) is 8.35. The summed E-state index contributed by atoms with van der Waals surface area (Å²) in [4.78, 5) is 14.3. The zero-order chi connectivity index (χ0) is 16.9. The molecule has 0 radical (unpaired) electrons. The van der Waals surface area contributed by atoms with Gasteiger partial charge >= 0.3 is 6.09 Å². The van der Waals surface area contributed by atoms with Crippen LogP contribution in [0, 0.1) is 0 Å². The molecule has 1 aliphatic heterocycles. The van der Waals surface area contributed by atoms with E-state index in [-0.39, 0.29) is 12.1 Å². The first-order chi connectivity index (χ1) is 10.8. The summed E-state index contributed by atoms with van der Waals surface area (Å²) in [5, 5.41) is 6.24. The molecular weight excluding hydrogens is 290 g/mol. The number of hydrogen-bond acceptors (Lipinski definition) is 4. The molecule has 1 saturated heterocycles. The Hall–Kier alpha value is -1.59. The quantitative estimate of drug-likeness (QED) is 0.896. The van der Waals surface area contributed by atoms with Gasteiger partial charge in [-0.25, -0.2) is 4.79 Å². The van der Waals surface area contributed by atoms with Crippen molar-refractivity contribution in [1.82, 2.24) is 15.5 Å². The van der Waals surface area contributed by atoms with E-state index in [1.807, 2.05) is 27.7 Å². The van der Waals surface area contributed by atoms with Gasteiger partial charge in [0.2, 0.25) is 0 Å². The van der Waals surface area contributed by atoms with Gasteiger partial charge in [-0.3, -0.25) is 4.90 Å². The van der Waals surface area contributed by atoms with Gasteiger partial charge in [0.25, 0.3) is 0 Å². The average Bonchev–Trinajstić information content (AvgIpc) is 2.47. The molecule has 5 nitrogen and oxygen atoms in total. The van der Waals surface area contributed by atoms with Crippen molar-refractivity contribution in [1.29, 1.82) is 0 Å². The standard InChI is InChI=1S/C18H29N3O2/c1-14(20-17(22)23-18(2,3)4)16-7-5-15(6-8-16)13-21-11-9-19-10-12-21/h5-8,14,19H,9-13H2,1-4H3,(H,20,22)/t14-/m0/s1. The topological polar surface area (TPSA) is 53.6 Å².